The average molecular weight is 224 g/mol. The van der Waals surface area contributed by atoms with Crippen molar-refractivity contribution >= 4 is 11.8 Å². The molecule has 16 heavy (non-hydrogen) atoms. The summed E-state index contributed by atoms with van der Waals surface area (Å²) < 4.78 is 0. The molecule has 0 aromatic rings. The van der Waals surface area contributed by atoms with E-state index < -0.39 is 0 Å². The smallest absolute Gasteiger partial charge is 0.233 e. The molecule has 1 aliphatic heterocycles. The molecular formula is C12H20N2O2. The second-order valence-corrected chi connectivity index (χ2v) is 5.13. The predicted octanol–water partition coefficient (Wildman–Crippen LogP) is 0.755. The number of carbonyl (C=O) groups excluding carboxylic acids is 2. The van der Waals surface area contributed by atoms with Crippen molar-refractivity contribution < 1.29 is 9.59 Å². The summed E-state index contributed by atoms with van der Waals surface area (Å²) in [6.45, 7) is 4.46. The van der Waals surface area contributed by atoms with E-state index in [9.17, 15) is 9.59 Å². The maximum atomic E-state index is 12.2. The molecule has 0 aromatic carbocycles. The van der Waals surface area contributed by atoms with E-state index in [1.165, 1.54) is 4.90 Å². The molecule has 3 unspecified atom stereocenters. The van der Waals surface area contributed by atoms with Crippen LogP contribution in [0.5, 0.6) is 0 Å². The number of nitrogens with two attached hydrogens (primary N) is 1. The molecular weight excluding hydrogens is 204 g/mol. The fraction of sp³-hybridized carbons (Fsp3) is 0.833. The molecule has 4 heteroatoms. The quantitative estimate of drug-likeness (QED) is 0.720. The van der Waals surface area contributed by atoms with Crippen LogP contribution in [0.25, 0.3) is 0 Å². The molecule has 1 aliphatic carbocycles. The Morgan fingerprint density at radius 2 is 1.81 bits per heavy atom. The Kier molecular flexibility index (Phi) is 3.02. The fourth-order valence-electron chi connectivity index (χ4n) is 3.12. The highest BCUT2D eigenvalue weighted by Gasteiger charge is 2.52. The first kappa shape index (κ1) is 11.6. The molecule has 2 N–H and O–H groups in total. The Hall–Kier alpha value is -0.900. The van der Waals surface area contributed by atoms with Gasteiger partial charge in [-0.05, 0) is 25.2 Å². The molecule has 2 rings (SSSR count). The second-order valence-electron chi connectivity index (χ2n) is 5.13. The molecule has 1 saturated heterocycles. The summed E-state index contributed by atoms with van der Waals surface area (Å²) in [7, 11) is 0. The van der Waals surface area contributed by atoms with Crippen LogP contribution in [0.15, 0.2) is 0 Å². The molecule has 0 bridgehead atoms. The summed E-state index contributed by atoms with van der Waals surface area (Å²) in [5, 5.41) is 0. The fourth-order valence-corrected chi connectivity index (χ4v) is 3.12. The number of likely N-dealkylation sites (tertiary alicyclic amines) is 1. The molecule has 3 atom stereocenters. The Bertz CT molecular complexity index is 288. The maximum absolute atomic E-state index is 12.2. The standard InChI is InChI=1S/C12H20N2O2/c1-3-8(6-13)14-11(15)9-4-7(2)5-10(9)12(14)16/h7-10H,3-6,13H2,1-2H3. The topological polar surface area (TPSA) is 63.4 Å². The van der Waals surface area contributed by atoms with Gasteiger partial charge in [0.2, 0.25) is 11.8 Å². The zero-order valence-electron chi connectivity index (χ0n) is 9.98. The predicted molar refractivity (Wildman–Crippen MR) is 60.4 cm³/mol. The highest BCUT2D eigenvalue weighted by Crippen LogP contribution is 2.43. The lowest BCUT2D eigenvalue weighted by molar-refractivity contribution is -0.143. The maximum Gasteiger partial charge on any atom is 0.233 e. The zero-order chi connectivity index (χ0) is 11.9. The summed E-state index contributed by atoms with van der Waals surface area (Å²) in [6.07, 6.45) is 2.49. The molecule has 90 valence electrons. The van der Waals surface area contributed by atoms with Gasteiger partial charge < -0.3 is 5.73 Å². The molecule has 0 aromatic heterocycles. The van der Waals surface area contributed by atoms with Crippen molar-refractivity contribution in [1.29, 1.82) is 0 Å². The van der Waals surface area contributed by atoms with Crippen molar-refractivity contribution in [3.63, 3.8) is 0 Å². The van der Waals surface area contributed by atoms with E-state index in [1.54, 1.807) is 0 Å². The van der Waals surface area contributed by atoms with Crippen molar-refractivity contribution in [2.45, 2.75) is 39.2 Å². The number of hydrogen-bond acceptors (Lipinski definition) is 3. The van der Waals surface area contributed by atoms with E-state index >= 15 is 0 Å². The van der Waals surface area contributed by atoms with E-state index in [4.69, 9.17) is 5.73 Å². The van der Waals surface area contributed by atoms with Gasteiger partial charge in [-0.15, -0.1) is 0 Å². The summed E-state index contributed by atoms with van der Waals surface area (Å²) in [5.74, 6) is 0.447. The summed E-state index contributed by atoms with van der Waals surface area (Å²) in [6, 6.07) is -0.0964. The van der Waals surface area contributed by atoms with E-state index in [0.29, 0.717) is 12.5 Å². The third-order valence-electron chi connectivity index (χ3n) is 4.02. The first-order valence-corrected chi connectivity index (χ1v) is 6.17. The van der Waals surface area contributed by atoms with E-state index in [2.05, 4.69) is 6.92 Å². The van der Waals surface area contributed by atoms with Crippen LogP contribution >= 0.6 is 0 Å². The van der Waals surface area contributed by atoms with Crippen LogP contribution in [0, 0.1) is 17.8 Å². The number of rotatable bonds is 3. The first-order chi connectivity index (χ1) is 7.60. The van der Waals surface area contributed by atoms with Gasteiger partial charge in [0.1, 0.15) is 0 Å². The molecule has 2 amide bonds. The van der Waals surface area contributed by atoms with Crippen molar-refractivity contribution in [3.8, 4) is 0 Å². The van der Waals surface area contributed by atoms with Gasteiger partial charge in [-0.2, -0.15) is 0 Å². The molecule has 1 heterocycles. The number of imide groups is 1. The molecule has 2 fully saturated rings. The number of hydrogen-bond donors (Lipinski definition) is 1. The van der Waals surface area contributed by atoms with Crippen molar-refractivity contribution in [2.24, 2.45) is 23.5 Å². The van der Waals surface area contributed by atoms with Crippen LogP contribution in [0.3, 0.4) is 0 Å². The lowest BCUT2D eigenvalue weighted by Gasteiger charge is -2.25. The van der Waals surface area contributed by atoms with E-state index in [0.717, 1.165) is 19.3 Å². The summed E-state index contributed by atoms with van der Waals surface area (Å²) in [4.78, 5) is 25.7. The molecule has 0 radical (unpaired) electrons. The minimum Gasteiger partial charge on any atom is -0.328 e. The molecule has 2 aliphatic rings. The van der Waals surface area contributed by atoms with Gasteiger partial charge in [0.15, 0.2) is 0 Å². The number of nitrogens with zero attached hydrogens (tertiary/aromatic N) is 1. The average Bonchev–Trinajstić information content (AvgIpc) is 2.74. The highest BCUT2D eigenvalue weighted by molar-refractivity contribution is 6.05. The van der Waals surface area contributed by atoms with Crippen molar-refractivity contribution in [3.05, 3.63) is 0 Å². The van der Waals surface area contributed by atoms with E-state index in [1.807, 2.05) is 6.92 Å². The van der Waals surface area contributed by atoms with Crippen LogP contribution in [0.1, 0.15) is 33.1 Å². The minimum atomic E-state index is -0.0964. The molecule has 0 spiro atoms. The van der Waals surface area contributed by atoms with Gasteiger partial charge >= 0.3 is 0 Å². The number of amides is 2. The van der Waals surface area contributed by atoms with Crippen molar-refractivity contribution in [2.75, 3.05) is 6.54 Å². The molecule has 4 nitrogen and oxygen atoms in total. The lowest BCUT2D eigenvalue weighted by atomic mass is 10.00. The third kappa shape index (κ3) is 1.56. The lowest BCUT2D eigenvalue weighted by Crippen LogP contribution is -2.45. The van der Waals surface area contributed by atoms with Crippen LogP contribution < -0.4 is 5.73 Å². The van der Waals surface area contributed by atoms with E-state index in [-0.39, 0.29) is 29.7 Å². The monoisotopic (exact) mass is 224 g/mol. The van der Waals surface area contributed by atoms with Gasteiger partial charge in [-0.3, -0.25) is 14.5 Å². The highest BCUT2D eigenvalue weighted by atomic mass is 16.2. The van der Waals surface area contributed by atoms with Crippen LogP contribution in [-0.2, 0) is 9.59 Å². The third-order valence-corrected chi connectivity index (χ3v) is 4.02. The van der Waals surface area contributed by atoms with Crippen molar-refractivity contribution in [1.82, 2.24) is 4.90 Å². The van der Waals surface area contributed by atoms with Gasteiger partial charge in [-0.25, -0.2) is 0 Å². The van der Waals surface area contributed by atoms with Gasteiger partial charge in [0.05, 0.1) is 17.9 Å². The van der Waals surface area contributed by atoms with Crippen LogP contribution in [-0.4, -0.2) is 29.3 Å². The Morgan fingerprint density at radius 3 is 2.19 bits per heavy atom. The molecule has 1 saturated carbocycles. The van der Waals surface area contributed by atoms with Gasteiger partial charge in [0.25, 0.3) is 0 Å². The van der Waals surface area contributed by atoms with Crippen LogP contribution in [0.2, 0.25) is 0 Å². The SMILES string of the molecule is CCC(CN)N1C(=O)C2CC(C)CC2C1=O. The Labute approximate surface area is 96.2 Å². The first-order valence-electron chi connectivity index (χ1n) is 6.17. The zero-order valence-corrected chi connectivity index (χ0v) is 9.98. The number of fused-ring (bicyclic) bond motifs is 1. The largest absolute Gasteiger partial charge is 0.328 e. The van der Waals surface area contributed by atoms with Crippen LogP contribution in [0.4, 0.5) is 0 Å². The Balaban J connectivity index is 2.20. The minimum absolute atomic E-state index is 0.0247. The number of carbonyl (C=O) groups is 2. The normalized spacial score (nSPS) is 35.7. The second kappa shape index (κ2) is 4.17. The van der Waals surface area contributed by atoms with Gasteiger partial charge in [0, 0.05) is 6.54 Å². The summed E-state index contributed by atoms with van der Waals surface area (Å²) >= 11 is 0. The van der Waals surface area contributed by atoms with Gasteiger partial charge in [-0.1, -0.05) is 13.8 Å². The summed E-state index contributed by atoms with van der Waals surface area (Å²) in [5.41, 5.74) is 5.62. The Morgan fingerprint density at radius 1 is 1.31 bits per heavy atom.